The highest BCUT2D eigenvalue weighted by atomic mass is 16.6. The molecular weight excluding hydrogens is 308 g/mol. The van der Waals surface area contributed by atoms with Crippen LogP contribution >= 0.6 is 0 Å². The van der Waals surface area contributed by atoms with Gasteiger partial charge in [0, 0.05) is 25.1 Å². The van der Waals surface area contributed by atoms with Crippen molar-refractivity contribution in [3.8, 4) is 11.5 Å². The van der Waals surface area contributed by atoms with Gasteiger partial charge in [-0.05, 0) is 25.2 Å². The predicted octanol–water partition coefficient (Wildman–Crippen LogP) is 2.21. The fraction of sp³-hybridized carbons (Fsp3) is 0.389. The number of primary amides is 1. The van der Waals surface area contributed by atoms with Gasteiger partial charge in [-0.25, -0.2) is 0 Å². The number of nitrogens with two attached hydrogens (primary N) is 1. The summed E-state index contributed by atoms with van der Waals surface area (Å²) < 4.78 is 17.2. The molecule has 0 radical (unpaired) electrons. The van der Waals surface area contributed by atoms with Gasteiger partial charge in [-0.3, -0.25) is 9.69 Å². The van der Waals surface area contributed by atoms with Gasteiger partial charge in [0.05, 0.1) is 0 Å². The summed E-state index contributed by atoms with van der Waals surface area (Å²) in [6, 6.07) is 9.39. The lowest BCUT2D eigenvalue weighted by molar-refractivity contribution is 0.0637. The molecule has 1 aromatic heterocycles. The zero-order valence-electron chi connectivity index (χ0n) is 14.0. The summed E-state index contributed by atoms with van der Waals surface area (Å²) in [4.78, 5) is 13.4. The van der Waals surface area contributed by atoms with Crippen LogP contribution in [-0.4, -0.2) is 37.1 Å². The molecule has 1 aromatic carbocycles. The first kappa shape index (κ1) is 16.4. The van der Waals surface area contributed by atoms with Crippen molar-refractivity contribution in [1.29, 1.82) is 0 Å². The SMILES string of the molecule is CCc1oc(C(N)=O)cc1CN(C)CC1COc2ccccc2O1. The first-order valence-corrected chi connectivity index (χ1v) is 8.05. The molecule has 6 nitrogen and oxygen atoms in total. The second kappa shape index (κ2) is 6.97. The van der Waals surface area contributed by atoms with Crippen molar-refractivity contribution in [2.24, 2.45) is 5.73 Å². The highest BCUT2D eigenvalue weighted by Gasteiger charge is 2.23. The van der Waals surface area contributed by atoms with Gasteiger partial charge in [0.1, 0.15) is 18.5 Å². The van der Waals surface area contributed by atoms with Crippen LogP contribution in [-0.2, 0) is 13.0 Å². The number of hydrogen-bond donors (Lipinski definition) is 1. The Hall–Kier alpha value is -2.47. The summed E-state index contributed by atoms with van der Waals surface area (Å²) in [5.74, 6) is 2.02. The number of hydrogen-bond acceptors (Lipinski definition) is 5. The molecule has 24 heavy (non-hydrogen) atoms. The quantitative estimate of drug-likeness (QED) is 0.878. The van der Waals surface area contributed by atoms with Crippen LogP contribution in [0.4, 0.5) is 0 Å². The molecule has 0 spiro atoms. The van der Waals surface area contributed by atoms with E-state index in [-0.39, 0.29) is 11.9 Å². The average Bonchev–Trinajstić information content (AvgIpc) is 2.97. The summed E-state index contributed by atoms with van der Waals surface area (Å²) in [5.41, 5.74) is 6.27. The number of furan rings is 1. The summed E-state index contributed by atoms with van der Waals surface area (Å²) in [6.45, 7) is 3.86. The van der Waals surface area contributed by atoms with E-state index in [4.69, 9.17) is 19.6 Å². The Morgan fingerprint density at radius 3 is 2.79 bits per heavy atom. The number of benzene rings is 1. The molecule has 0 bridgehead atoms. The molecule has 1 unspecified atom stereocenters. The Balaban J connectivity index is 1.62. The number of likely N-dealkylation sites (N-methyl/N-ethyl adjacent to an activating group) is 1. The molecule has 2 aromatic rings. The molecule has 128 valence electrons. The van der Waals surface area contributed by atoms with Crippen LogP contribution in [0, 0.1) is 0 Å². The summed E-state index contributed by atoms with van der Waals surface area (Å²) in [5, 5.41) is 0. The predicted molar refractivity (Wildman–Crippen MR) is 89.3 cm³/mol. The second-order valence-electron chi connectivity index (χ2n) is 5.97. The smallest absolute Gasteiger partial charge is 0.284 e. The molecule has 6 heteroatoms. The number of para-hydroxylation sites is 2. The minimum atomic E-state index is -0.542. The van der Waals surface area contributed by atoms with Gasteiger partial charge in [0.15, 0.2) is 17.3 Å². The van der Waals surface area contributed by atoms with E-state index in [1.807, 2.05) is 38.2 Å². The number of carbonyl (C=O) groups is 1. The average molecular weight is 330 g/mol. The molecule has 1 aliphatic heterocycles. The molecule has 0 aliphatic carbocycles. The summed E-state index contributed by atoms with van der Waals surface area (Å²) in [7, 11) is 2.00. The minimum absolute atomic E-state index is 0.0440. The van der Waals surface area contributed by atoms with E-state index in [0.29, 0.717) is 26.1 Å². The molecule has 0 saturated carbocycles. The van der Waals surface area contributed by atoms with Gasteiger partial charge in [0.25, 0.3) is 5.91 Å². The molecule has 0 fully saturated rings. The third-order valence-corrected chi connectivity index (χ3v) is 3.98. The molecule has 3 rings (SSSR count). The fourth-order valence-electron chi connectivity index (χ4n) is 2.88. The molecule has 1 amide bonds. The number of amides is 1. The maximum absolute atomic E-state index is 11.3. The third-order valence-electron chi connectivity index (χ3n) is 3.98. The Kier molecular flexibility index (Phi) is 4.76. The van der Waals surface area contributed by atoms with E-state index >= 15 is 0 Å². The van der Waals surface area contributed by atoms with Crippen molar-refractivity contribution in [2.45, 2.75) is 26.0 Å². The van der Waals surface area contributed by atoms with Crippen LogP contribution in [0.15, 0.2) is 34.7 Å². The zero-order chi connectivity index (χ0) is 17.1. The fourth-order valence-corrected chi connectivity index (χ4v) is 2.88. The van der Waals surface area contributed by atoms with Crippen molar-refractivity contribution in [3.05, 3.63) is 47.4 Å². The standard InChI is InChI=1S/C18H22N2O4/c1-3-14-12(8-17(24-14)18(19)21)9-20(2)10-13-11-22-15-6-4-5-7-16(15)23-13/h4-8,13H,3,9-11H2,1-2H3,(H2,19,21). The van der Waals surface area contributed by atoms with Crippen LogP contribution in [0.1, 0.15) is 28.8 Å². The van der Waals surface area contributed by atoms with Gasteiger partial charge in [-0.1, -0.05) is 19.1 Å². The number of ether oxygens (including phenoxy) is 2. The molecule has 2 heterocycles. The highest BCUT2D eigenvalue weighted by Crippen LogP contribution is 2.31. The number of rotatable bonds is 6. The van der Waals surface area contributed by atoms with Crippen LogP contribution in [0.25, 0.3) is 0 Å². The lowest BCUT2D eigenvalue weighted by atomic mass is 10.2. The number of nitrogens with zero attached hydrogens (tertiary/aromatic N) is 1. The topological polar surface area (TPSA) is 77.9 Å². The molecule has 1 aliphatic rings. The Bertz CT molecular complexity index is 726. The van der Waals surface area contributed by atoms with Crippen molar-refractivity contribution in [1.82, 2.24) is 4.90 Å². The van der Waals surface area contributed by atoms with Gasteiger partial charge >= 0.3 is 0 Å². The lowest BCUT2D eigenvalue weighted by Crippen LogP contribution is -2.39. The van der Waals surface area contributed by atoms with Crippen LogP contribution in [0.3, 0.4) is 0 Å². The minimum Gasteiger partial charge on any atom is -0.486 e. The van der Waals surface area contributed by atoms with Gasteiger partial charge in [0.2, 0.25) is 0 Å². The van der Waals surface area contributed by atoms with E-state index in [0.717, 1.165) is 22.8 Å². The molecule has 1 atom stereocenters. The van der Waals surface area contributed by atoms with Crippen LogP contribution in [0.5, 0.6) is 11.5 Å². The Labute approximate surface area is 141 Å². The third kappa shape index (κ3) is 3.54. The van der Waals surface area contributed by atoms with Crippen molar-refractivity contribution in [3.63, 3.8) is 0 Å². The van der Waals surface area contributed by atoms with E-state index < -0.39 is 5.91 Å². The number of carbonyl (C=O) groups excluding carboxylic acids is 1. The zero-order valence-corrected chi connectivity index (χ0v) is 14.0. The number of aryl methyl sites for hydroxylation is 1. The first-order valence-electron chi connectivity index (χ1n) is 8.05. The summed E-state index contributed by atoms with van der Waals surface area (Å²) in [6.07, 6.45) is 0.671. The Morgan fingerprint density at radius 2 is 2.08 bits per heavy atom. The van der Waals surface area contributed by atoms with E-state index in [1.165, 1.54) is 0 Å². The van der Waals surface area contributed by atoms with Gasteiger partial charge < -0.3 is 19.6 Å². The maximum Gasteiger partial charge on any atom is 0.284 e. The lowest BCUT2D eigenvalue weighted by Gasteiger charge is -2.29. The van der Waals surface area contributed by atoms with E-state index in [9.17, 15) is 4.79 Å². The highest BCUT2D eigenvalue weighted by molar-refractivity contribution is 5.90. The monoisotopic (exact) mass is 330 g/mol. The molecule has 2 N–H and O–H groups in total. The molecule has 0 saturated heterocycles. The molecular formula is C18H22N2O4. The van der Waals surface area contributed by atoms with Crippen LogP contribution in [0.2, 0.25) is 0 Å². The largest absolute Gasteiger partial charge is 0.486 e. The first-order chi connectivity index (χ1) is 11.6. The van der Waals surface area contributed by atoms with Gasteiger partial charge in [-0.2, -0.15) is 0 Å². The normalized spacial score (nSPS) is 16.4. The van der Waals surface area contributed by atoms with Crippen molar-refractivity contribution in [2.75, 3.05) is 20.2 Å². The van der Waals surface area contributed by atoms with Crippen LogP contribution < -0.4 is 15.2 Å². The second-order valence-corrected chi connectivity index (χ2v) is 5.97. The Morgan fingerprint density at radius 1 is 1.33 bits per heavy atom. The number of fused-ring (bicyclic) bond motifs is 1. The van der Waals surface area contributed by atoms with Crippen molar-refractivity contribution >= 4 is 5.91 Å². The maximum atomic E-state index is 11.3. The van der Waals surface area contributed by atoms with Crippen molar-refractivity contribution < 1.29 is 18.7 Å². The van der Waals surface area contributed by atoms with E-state index in [1.54, 1.807) is 6.07 Å². The summed E-state index contributed by atoms with van der Waals surface area (Å²) >= 11 is 0. The van der Waals surface area contributed by atoms with E-state index in [2.05, 4.69) is 4.90 Å². The van der Waals surface area contributed by atoms with Gasteiger partial charge in [-0.15, -0.1) is 0 Å².